The second kappa shape index (κ2) is 8.16. The van der Waals surface area contributed by atoms with Crippen LogP contribution >= 0.6 is 0 Å². The lowest BCUT2D eigenvalue weighted by Crippen LogP contribution is -2.15. The molecule has 0 heteroatoms. The van der Waals surface area contributed by atoms with E-state index in [0.717, 1.165) is 0 Å². The van der Waals surface area contributed by atoms with Gasteiger partial charge in [0.25, 0.3) is 0 Å². The zero-order valence-corrected chi connectivity index (χ0v) is 22.2. The Morgan fingerprint density at radius 3 is 1.41 bits per heavy atom. The highest BCUT2D eigenvalue weighted by Gasteiger charge is 2.36. The van der Waals surface area contributed by atoms with Gasteiger partial charge in [-0.05, 0) is 101 Å². The minimum atomic E-state index is -0.0879. The van der Waals surface area contributed by atoms with Crippen LogP contribution in [0.3, 0.4) is 0 Å². The molecule has 1 aliphatic carbocycles. The van der Waals surface area contributed by atoms with Gasteiger partial charge in [-0.1, -0.05) is 123 Å². The first kappa shape index (κ1) is 22.3. The molecule has 0 atom stereocenters. The van der Waals surface area contributed by atoms with E-state index in [-0.39, 0.29) is 5.41 Å². The van der Waals surface area contributed by atoms with Crippen molar-refractivity contribution in [2.75, 3.05) is 0 Å². The Morgan fingerprint density at radius 2 is 0.821 bits per heavy atom. The molecule has 7 aromatic rings. The van der Waals surface area contributed by atoms with Crippen LogP contribution in [0.25, 0.3) is 65.7 Å². The van der Waals surface area contributed by atoms with Gasteiger partial charge in [0.15, 0.2) is 0 Å². The lowest BCUT2D eigenvalue weighted by molar-refractivity contribution is 0.662. The summed E-state index contributed by atoms with van der Waals surface area (Å²) in [6.07, 6.45) is 0. The average Bonchev–Trinajstić information content (AvgIpc) is 3.19. The molecule has 0 aliphatic heterocycles. The van der Waals surface area contributed by atoms with Crippen molar-refractivity contribution in [3.8, 4) is 33.4 Å². The molecule has 7 aromatic carbocycles. The SMILES string of the molecule is CC1(C)c2cc3ccccc3cc2-c2cc3c(-c4ccccc4)c4ccccc4c(-c4ccccc4)c3cc21. The van der Waals surface area contributed by atoms with E-state index in [9.17, 15) is 0 Å². The molecular formula is C39H28. The van der Waals surface area contributed by atoms with Crippen molar-refractivity contribution in [2.24, 2.45) is 0 Å². The van der Waals surface area contributed by atoms with Gasteiger partial charge in [0, 0.05) is 5.41 Å². The topological polar surface area (TPSA) is 0 Å². The summed E-state index contributed by atoms with van der Waals surface area (Å²) < 4.78 is 0. The van der Waals surface area contributed by atoms with Gasteiger partial charge in [0.1, 0.15) is 0 Å². The van der Waals surface area contributed by atoms with Gasteiger partial charge in [-0.2, -0.15) is 0 Å². The third-order valence-electron chi connectivity index (χ3n) is 8.81. The Labute approximate surface area is 229 Å². The van der Waals surface area contributed by atoms with E-state index < -0.39 is 0 Å². The van der Waals surface area contributed by atoms with Crippen molar-refractivity contribution >= 4 is 32.3 Å². The van der Waals surface area contributed by atoms with Crippen LogP contribution in [0.15, 0.2) is 133 Å². The summed E-state index contributed by atoms with van der Waals surface area (Å²) in [6.45, 7) is 4.78. The second-order valence-electron chi connectivity index (χ2n) is 11.3. The Balaban J connectivity index is 1.58. The summed E-state index contributed by atoms with van der Waals surface area (Å²) in [5, 5.41) is 7.84. The van der Waals surface area contributed by atoms with Gasteiger partial charge in [-0.25, -0.2) is 0 Å². The summed E-state index contributed by atoms with van der Waals surface area (Å²) in [4.78, 5) is 0. The lowest BCUT2D eigenvalue weighted by atomic mass is 9.79. The Kier molecular flexibility index (Phi) is 4.67. The fraction of sp³-hybridized carbons (Fsp3) is 0.0769. The molecule has 0 aromatic heterocycles. The molecule has 8 rings (SSSR count). The molecule has 0 heterocycles. The third kappa shape index (κ3) is 3.18. The first-order chi connectivity index (χ1) is 19.1. The molecular weight excluding hydrogens is 468 g/mol. The van der Waals surface area contributed by atoms with Gasteiger partial charge < -0.3 is 0 Å². The van der Waals surface area contributed by atoms with E-state index in [2.05, 4.69) is 147 Å². The molecule has 0 fully saturated rings. The number of hydrogen-bond donors (Lipinski definition) is 0. The molecule has 0 spiro atoms. The van der Waals surface area contributed by atoms with E-state index in [0.29, 0.717) is 0 Å². The summed E-state index contributed by atoms with van der Waals surface area (Å²) in [6, 6.07) is 49.3. The largest absolute Gasteiger partial charge is 0.0622 e. The van der Waals surface area contributed by atoms with Crippen molar-refractivity contribution in [2.45, 2.75) is 19.3 Å². The molecule has 0 saturated carbocycles. The normalized spacial score (nSPS) is 13.6. The maximum absolute atomic E-state index is 2.51. The van der Waals surface area contributed by atoms with E-state index in [1.54, 1.807) is 0 Å². The Hall–Kier alpha value is -4.68. The Bertz CT molecular complexity index is 2060. The van der Waals surface area contributed by atoms with Crippen molar-refractivity contribution in [3.05, 3.63) is 145 Å². The molecule has 0 radical (unpaired) electrons. The van der Waals surface area contributed by atoms with Crippen LogP contribution in [0.1, 0.15) is 25.0 Å². The quantitative estimate of drug-likeness (QED) is 0.209. The number of hydrogen-bond acceptors (Lipinski definition) is 0. The van der Waals surface area contributed by atoms with E-state index >= 15 is 0 Å². The highest BCUT2D eigenvalue weighted by Crippen LogP contribution is 2.53. The molecule has 0 unspecified atom stereocenters. The molecule has 0 saturated heterocycles. The summed E-state index contributed by atoms with van der Waals surface area (Å²) >= 11 is 0. The van der Waals surface area contributed by atoms with Crippen LogP contribution in [-0.4, -0.2) is 0 Å². The van der Waals surface area contributed by atoms with Crippen molar-refractivity contribution in [1.82, 2.24) is 0 Å². The fourth-order valence-electron chi connectivity index (χ4n) is 6.92. The van der Waals surface area contributed by atoms with Gasteiger partial charge in [-0.3, -0.25) is 0 Å². The fourth-order valence-corrected chi connectivity index (χ4v) is 6.92. The van der Waals surface area contributed by atoms with Gasteiger partial charge >= 0.3 is 0 Å². The zero-order chi connectivity index (χ0) is 26.1. The van der Waals surface area contributed by atoms with Crippen LogP contribution in [0.5, 0.6) is 0 Å². The van der Waals surface area contributed by atoms with Crippen LogP contribution in [-0.2, 0) is 5.41 Å². The molecule has 1 aliphatic rings. The van der Waals surface area contributed by atoms with Crippen LogP contribution < -0.4 is 0 Å². The van der Waals surface area contributed by atoms with Crippen molar-refractivity contribution in [1.29, 1.82) is 0 Å². The first-order valence-corrected chi connectivity index (χ1v) is 13.8. The number of fused-ring (bicyclic) bond motifs is 6. The third-order valence-corrected chi connectivity index (χ3v) is 8.81. The maximum atomic E-state index is 2.51. The summed E-state index contributed by atoms with van der Waals surface area (Å²) in [7, 11) is 0. The molecule has 184 valence electrons. The van der Waals surface area contributed by atoms with E-state index in [1.807, 2.05) is 0 Å². The minimum absolute atomic E-state index is 0.0879. The Morgan fingerprint density at radius 1 is 0.385 bits per heavy atom. The monoisotopic (exact) mass is 496 g/mol. The summed E-state index contributed by atoms with van der Waals surface area (Å²) in [5.41, 5.74) is 10.6. The van der Waals surface area contributed by atoms with Crippen molar-refractivity contribution < 1.29 is 0 Å². The van der Waals surface area contributed by atoms with Crippen LogP contribution in [0.2, 0.25) is 0 Å². The molecule has 39 heavy (non-hydrogen) atoms. The van der Waals surface area contributed by atoms with E-state index in [4.69, 9.17) is 0 Å². The smallest absolute Gasteiger partial charge is 0.0159 e. The average molecular weight is 497 g/mol. The molecule has 0 amide bonds. The highest BCUT2D eigenvalue weighted by molar-refractivity contribution is 6.22. The maximum Gasteiger partial charge on any atom is 0.0159 e. The predicted molar refractivity (Wildman–Crippen MR) is 167 cm³/mol. The van der Waals surface area contributed by atoms with Crippen molar-refractivity contribution in [3.63, 3.8) is 0 Å². The first-order valence-electron chi connectivity index (χ1n) is 13.8. The lowest BCUT2D eigenvalue weighted by Gasteiger charge is -2.24. The van der Waals surface area contributed by atoms with Gasteiger partial charge in [0.2, 0.25) is 0 Å². The minimum Gasteiger partial charge on any atom is -0.0622 e. The molecule has 0 bridgehead atoms. The standard InChI is InChI=1S/C39H28/c1-39(2)35-22-28-18-10-9-17-27(28)21-31(35)32-23-33-34(24-36(32)39)38(26-15-7-4-8-16-26)30-20-12-11-19-29(30)37(33)25-13-5-3-6-14-25/h3-24H,1-2H3. The number of benzene rings is 7. The predicted octanol–water partition coefficient (Wildman–Crippen LogP) is 10.8. The van der Waals surface area contributed by atoms with Crippen LogP contribution in [0.4, 0.5) is 0 Å². The zero-order valence-electron chi connectivity index (χ0n) is 22.2. The molecule has 0 nitrogen and oxygen atoms in total. The number of rotatable bonds is 2. The van der Waals surface area contributed by atoms with Gasteiger partial charge in [0.05, 0.1) is 0 Å². The van der Waals surface area contributed by atoms with Crippen LogP contribution in [0, 0.1) is 0 Å². The summed E-state index contributed by atoms with van der Waals surface area (Å²) in [5.74, 6) is 0. The van der Waals surface area contributed by atoms with E-state index in [1.165, 1.54) is 76.8 Å². The van der Waals surface area contributed by atoms with Gasteiger partial charge in [-0.15, -0.1) is 0 Å². The highest BCUT2D eigenvalue weighted by atomic mass is 14.4. The second-order valence-corrected chi connectivity index (χ2v) is 11.3. The molecule has 0 N–H and O–H groups in total.